The third-order valence-corrected chi connectivity index (χ3v) is 2.34. The zero-order valence-corrected chi connectivity index (χ0v) is 9.36. The highest BCUT2D eigenvalue weighted by atomic mass is 32.1. The summed E-state index contributed by atoms with van der Waals surface area (Å²) >= 11 is 4.51. The van der Waals surface area contributed by atoms with Crippen molar-refractivity contribution in [3.63, 3.8) is 0 Å². The van der Waals surface area contributed by atoms with Gasteiger partial charge in [-0.3, -0.25) is 0 Å². The summed E-state index contributed by atoms with van der Waals surface area (Å²) in [6, 6.07) is 8.40. The van der Waals surface area contributed by atoms with Gasteiger partial charge in [-0.15, -0.1) is 0 Å². The lowest BCUT2D eigenvalue weighted by Gasteiger charge is -2.18. The Morgan fingerprint density at radius 3 is 2.00 bits per heavy atom. The summed E-state index contributed by atoms with van der Waals surface area (Å²) in [5.74, 6) is 0. The van der Waals surface area contributed by atoms with Gasteiger partial charge < -0.3 is 0 Å². The Kier molecular flexibility index (Phi) is 2.87. The van der Waals surface area contributed by atoms with Crippen molar-refractivity contribution < 1.29 is 0 Å². The molecule has 0 aliphatic rings. The van der Waals surface area contributed by atoms with Crippen LogP contribution in [0.2, 0.25) is 0 Å². The van der Waals surface area contributed by atoms with E-state index in [-0.39, 0.29) is 4.75 Å². The van der Waals surface area contributed by atoms with Gasteiger partial charge in [-0.1, -0.05) is 36.4 Å². The second-order valence-corrected chi connectivity index (χ2v) is 5.03. The first-order valence-electron chi connectivity index (χ1n) is 4.40. The molecular formula is C12H16S. The molecule has 0 heterocycles. The summed E-state index contributed by atoms with van der Waals surface area (Å²) < 4.78 is -0.0619. The van der Waals surface area contributed by atoms with Crippen molar-refractivity contribution >= 4 is 18.2 Å². The molecule has 1 rings (SSSR count). The lowest BCUT2D eigenvalue weighted by atomic mass is 9.99. The maximum absolute atomic E-state index is 4.51. The molecule has 0 atom stereocenters. The van der Waals surface area contributed by atoms with E-state index in [1.165, 1.54) is 11.1 Å². The van der Waals surface area contributed by atoms with Crippen LogP contribution in [-0.4, -0.2) is 0 Å². The third kappa shape index (κ3) is 2.63. The van der Waals surface area contributed by atoms with Crippen molar-refractivity contribution in [1.29, 1.82) is 0 Å². The number of benzene rings is 1. The molecule has 0 aliphatic heterocycles. The summed E-state index contributed by atoms with van der Waals surface area (Å²) in [5.41, 5.74) is 3.53. The number of rotatable bonds is 2. The number of allylic oxidation sites excluding steroid dienone is 1. The molecule has 0 N–H and O–H groups in total. The standard InChI is InChI=1S/C12H16S/c1-9(2)10-5-7-11(8-6-10)12(3,4)13/h5-8,13H,1H2,2-4H3. The Bertz CT molecular complexity index is 301. The van der Waals surface area contributed by atoms with Gasteiger partial charge in [0.05, 0.1) is 0 Å². The molecule has 0 unspecified atom stereocenters. The molecule has 13 heavy (non-hydrogen) atoms. The topological polar surface area (TPSA) is 0 Å². The van der Waals surface area contributed by atoms with E-state index in [0.29, 0.717) is 0 Å². The first kappa shape index (κ1) is 10.4. The van der Waals surface area contributed by atoms with Crippen molar-refractivity contribution in [3.05, 3.63) is 42.0 Å². The Morgan fingerprint density at radius 1 is 1.23 bits per heavy atom. The molecule has 0 saturated carbocycles. The van der Waals surface area contributed by atoms with Gasteiger partial charge in [0.2, 0.25) is 0 Å². The van der Waals surface area contributed by atoms with Gasteiger partial charge in [0, 0.05) is 4.75 Å². The van der Waals surface area contributed by atoms with Gasteiger partial charge in [0.25, 0.3) is 0 Å². The molecule has 1 aromatic rings. The Labute approximate surface area is 86.1 Å². The zero-order chi connectivity index (χ0) is 10.1. The largest absolute Gasteiger partial charge is 0.168 e. The molecule has 0 saturated heterocycles. The molecule has 70 valence electrons. The second-order valence-electron chi connectivity index (χ2n) is 3.92. The lowest BCUT2D eigenvalue weighted by Crippen LogP contribution is -2.06. The van der Waals surface area contributed by atoms with Gasteiger partial charge in [0.15, 0.2) is 0 Å². The van der Waals surface area contributed by atoms with Crippen molar-refractivity contribution in [2.75, 3.05) is 0 Å². The van der Waals surface area contributed by atoms with E-state index in [1.807, 2.05) is 6.92 Å². The average Bonchev–Trinajstić information content (AvgIpc) is 2.03. The molecule has 0 nitrogen and oxygen atoms in total. The van der Waals surface area contributed by atoms with Crippen LogP contribution in [0.15, 0.2) is 30.8 Å². The fraction of sp³-hybridized carbons (Fsp3) is 0.333. The fourth-order valence-electron chi connectivity index (χ4n) is 1.16. The van der Waals surface area contributed by atoms with E-state index >= 15 is 0 Å². The summed E-state index contributed by atoms with van der Waals surface area (Å²) in [6.45, 7) is 10.1. The third-order valence-electron chi connectivity index (χ3n) is 2.08. The van der Waals surface area contributed by atoms with Crippen molar-refractivity contribution in [3.8, 4) is 0 Å². The smallest absolute Gasteiger partial charge is 0.0322 e. The lowest BCUT2D eigenvalue weighted by molar-refractivity contribution is 0.791. The van der Waals surface area contributed by atoms with Crippen LogP contribution < -0.4 is 0 Å². The molecule has 0 radical (unpaired) electrons. The number of hydrogen-bond donors (Lipinski definition) is 1. The molecule has 0 bridgehead atoms. The van der Waals surface area contributed by atoms with Gasteiger partial charge >= 0.3 is 0 Å². The minimum atomic E-state index is -0.0619. The van der Waals surface area contributed by atoms with Crippen LogP contribution in [0.4, 0.5) is 0 Å². The summed E-state index contributed by atoms with van der Waals surface area (Å²) in [6.07, 6.45) is 0. The Balaban J connectivity index is 3.01. The van der Waals surface area contributed by atoms with E-state index in [9.17, 15) is 0 Å². The van der Waals surface area contributed by atoms with E-state index in [2.05, 4.69) is 57.3 Å². The Morgan fingerprint density at radius 2 is 1.69 bits per heavy atom. The van der Waals surface area contributed by atoms with Gasteiger partial charge in [-0.05, 0) is 31.9 Å². The molecule has 0 aromatic heterocycles. The van der Waals surface area contributed by atoms with Gasteiger partial charge in [-0.2, -0.15) is 12.6 Å². The molecule has 0 aliphatic carbocycles. The SMILES string of the molecule is C=C(C)c1ccc(C(C)(C)S)cc1. The highest BCUT2D eigenvalue weighted by Gasteiger charge is 2.13. The van der Waals surface area contributed by atoms with E-state index in [4.69, 9.17) is 0 Å². The van der Waals surface area contributed by atoms with Crippen molar-refractivity contribution in [2.45, 2.75) is 25.5 Å². The maximum atomic E-state index is 4.51. The maximum Gasteiger partial charge on any atom is 0.0322 e. The highest BCUT2D eigenvalue weighted by Crippen LogP contribution is 2.27. The van der Waals surface area contributed by atoms with Crippen LogP contribution in [0.5, 0.6) is 0 Å². The van der Waals surface area contributed by atoms with Crippen LogP contribution in [0.1, 0.15) is 31.9 Å². The van der Waals surface area contributed by atoms with Crippen LogP contribution in [0.25, 0.3) is 5.57 Å². The Hall–Kier alpha value is -0.690. The van der Waals surface area contributed by atoms with Crippen molar-refractivity contribution in [2.24, 2.45) is 0 Å². The quantitative estimate of drug-likeness (QED) is 0.675. The molecule has 0 amide bonds. The predicted octanol–water partition coefficient (Wildman–Crippen LogP) is 3.88. The molecule has 1 aromatic carbocycles. The van der Waals surface area contributed by atoms with Gasteiger partial charge in [0.1, 0.15) is 0 Å². The second kappa shape index (κ2) is 3.59. The molecule has 0 spiro atoms. The molecule has 1 heteroatoms. The van der Waals surface area contributed by atoms with Crippen molar-refractivity contribution in [1.82, 2.24) is 0 Å². The van der Waals surface area contributed by atoms with Crippen LogP contribution in [0, 0.1) is 0 Å². The minimum Gasteiger partial charge on any atom is -0.168 e. The average molecular weight is 192 g/mol. The zero-order valence-electron chi connectivity index (χ0n) is 8.46. The number of thiol groups is 1. The predicted molar refractivity (Wildman–Crippen MR) is 63.2 cm³/mol. The summed E-state index contributed by atoms with van der Waals surface area (Å²) in [7, 11) is 0. The first-order chi connectivity index (χ1) is 5.91. The van der Waals surface area contributed by atoms with E-state index in [1.54, 1.807) is 0 Å². The normalized spacial score (nSPS) is 11.4. The molecular weight excluding hydrogens is 176 g/mol. The van der Waals surface area contributed by atoms with Crippen LogP contribution >= 0.6 is 12.6 Å². The fourth-order valence-corrected chi connectivity index (χ4v) is 1.31. The summed E-state index contributed by atoms with van der Waals surface area (Å²) in [5, 5.41) is 0. The van der Waals surface area contributed by atoms with E-state index < -0.39 is 0 Å². The van der Waals surface area contributed by atoms with E-state index in [0.717, 1.165) is 5.57 Å². The highest BCUT2D eigenvalue weighted by molar-refractivity contribution is 7.81. The monoisotopic (exact) mass is 192 g/mol. The molecule has 0 fully saturated rings. The number of hydrogen-bond acceptors (Lipinski definition) is 1. The van der Waals surface area contributed by atoms with Crippen LogP contribution in [-0.2, 0) is 4.75 Å². The summed E-state index contributed by atoms with van der Waals surface area (Å²) in [4.78, 5) is 0. The first-order valence-corrected chi connectivity index (χ1v) is 4.85. The van der Waals surface area contributed by atoms with Crippen LogP contribution in [0.3, 0.4) is 0 Å². The minimum absolute atomic E-state index is 0.0619. The van der Waals surface area contributed by atoms with Gasteiger partial charge in [-0.25, -0.2) is 0 Å².